The van der Waals surface area contributed by atoms with Crippen LogP contribution in [0, 0.1) is 0 Å². The minimum absolute atomic E-state index is 0.0762. The summed E-state index contributed by atoms with van der Waals surface area (Å²) in [4.78, 5) is 14.9. The van der Waals surface area contributed by atoms with Crippen LogP contribution in [0.5, 0.6) is 11.6 Å². The number of likely N-dealkylation sites (N-methyl/N-ethyl adjacent to an activating group) is 1. The molecular weight excluding hydrogens is 370 g/mol. The van der Waals surface area contributed by atoms with Crippen LogP contribution in [-0.2, 0) is 14.8 Å². The first-order valence-corrected chi connectivity index (χ1v) is 9.75. The van der Waals surface area contributed by atoms with Crippen LogP contribution in [0.1, 0.15) is 6.42 Å². The maximum absolute atomic E-state index is 12.6. The van der Waals surface area contributed by atoms with Crippen LogP contribution in [0.4, 0.5) is 0 Å². The van der Waals surface area contributed by atoms with Gasteiger partial charge in [0.15, 0.2) is 0 Å². The Balaban J connectivity index is 2.13. The fraction of sp³-hybridized carbons (Fsp3) is 0.333. The monoisotopic (exact) mass is 393 g/mol. The molecule has 0 bridgehead atoms. The number of aliphatic carboxylic acids is 1. The lowest BCUT2D eigenvalue weighted by molar-refractivity contribution is -0.871. The van der Waals surface area contributed by atoms with Gasteiger partial charge in [-0.3, -0.25) is 0 Å². The molecule has 0 fully saturated rings. The number of pyridine rings is 1. The van der Waals surface area contributed by atoms with Crippen molar-refractivity contribution in [3.63, 3.8) is 0 Å². The average Bonchev–Trinajstić information content (AvgIpc) is 2.53. The Morgan fingerprint density at radius 3 is 2.37 bits per heavy atom. The molecule has 0 aliphatic rings. The summed E-state index contributed by atoms with van der Waals surface area (Å²) in [6, 6.07) is 11.0. The number of carboxylic acid groups (broad SMARTS) is 1. The Hall–Kier alpha value is -2.49. The third-order valence-corrected chi connectivity index (χ3v) is 4.99. The summed E-state index contributed by atoms with van der Waals surface area (Å²) >= 11 is 0. The van der Waals surface area contributed by atoms with Crippen LogP contribution < -0.4 is 14.6 Å². The van der Waals surface area contributed by atoms with Crippen LogP contribution in [0.2, 0.25) is 0 Å². The first-order chi connectivity index (χ1) is 12.5. The highest BCUT2D eigenvalue weighted by atomic mass is 32.2. The number of hydrogen-bond acceptors (Lipinski definition) is 6. The largest absolute Gasteiger partial charge is 0.550 e. The summed E-state index contributed by atoms with van der Waals surface area (Å²) in [5, 5.41) is 11.0. The van der Waals surface area contributed by atoms with Crippen molar-refractivity contribution in [3.8, 4) is 11.6 Å². The molecule has 9 heteroatoms. The average molecular weight is 393 g/mol. The molecule has 0 aliphatic carbocycles. The highest BCUT2D eigenvalue weighted by Gasteiger charge is 2.25. The fourth-order valence-corrected chi connectivity index (χ4v) is 3.66. The zero-order valence-corrected chi connectivity index (χ0v) is 16.3. The number of ether oxygens (including phenoxy) is 1. The van der Waals surface area contributed by atoms with E-state index in [9.17, 15) is 18.3 Å². The summed E-state index contributed by atoms with van der Waals surface area (Å²) < 4.78 is 33.5. The molecule has 2 rings (SSSR count). The van der Waals surface area contributed by atoms with Crippen LogP contribution in [-0.4, -0.2) is 57.6 Å². The molecule has 8 nitrogen and oxygen atoms in total. The number of hydrogen-bond donors (Lipinski definition) is 1. The molecule has 1 aromatic carbocycles. The zero-order valence-electron chi connectivity index (χ0n) is 15.5. The van der Waals surface area contributed by atoms with E-state index in [4.69, 9.17) is 4.74 Å². The second-order valence-electron chi connectivity index (χ2n) is 7.11. The summed E-state index contributed by atoms with van der Waals surface area (Å²) in [5.41, 5.74) is 0. The Bertz CT molecular complexity index is 862. The molecule has 2 aromatic rings. The highest BCUT2D eigenvalue weighted by molar-refractivity contribution is 7.89. The maximum Gasteiger partial charge on any atom is 0.242 e. The predicted octanol–water partition coefficient (Wildman–Crippen LogP) is 0.367. The van der Waals surface area contributed by atoms with Crippen molar-refractivity contribution in [2.45, 2.75) is 17.4 Å². The normalized spacial score (nSPS) is 13.1. The Morgan fingerprint density at radius 1 is 1.19 bits per heavy atom. The molecule has 1 N–H and O–H groups in total. The van der Waals surface area contributed by atoms with E-state index in [2.05, 4.69) is 9.71 Å². The summed E-state index contributed by atoms with van der Waals surface area (Å²) in [6.07, 6.45) is 0.750. The van der Waals surface area contributed by atoms with Crippen LogP contribution in [0.15, 0.2) is 53.6 Å². The molecule has 0 spiro atoms. The van der Waals surface area contributed by atoms with Gasteiger partial charge in [0, 0.05) is 18.5 Å². The van der Waals surface area contributed by atoms with Gasteiger partial charge in [0.05, 0.1) is 39.9 Å². The van der Waals surface area contributed by atoms with Gasteiger partial charge < -0.3 is 19.1 Å². The van der Waals surface area contributed by atoms with Crippen LogP contribution in [0.25, 0.3) is 0 Å². The highest BCUT2D eigenvalue weighted by Crippen LogP contribution is 2.20. The van der Waals surface area contributed by atoms with Gasteiger partial charge in [-0.05, 0) is 18.2 Å². The zero-order chi connectivity index (χ0) is 20.1. The molecule has 0 radical (unpaired) electrons. The minimum atomic E-state index is -3.94. The third kappa shape index (κ3) is 6.97. The van der Waals surface area contributed by atoms with Crippen molar-refractivity contribution in [1.29, 1.82) is 0 Å². The number of sulfonamides is 1. The van der Waals surface area contributed by atoms with E-state index in [1.165, 1.54) is 18.3 Å². The summed E-state index contributed by atoms with van der Waals surface area (Å²) in [5.74, 6) is -0.491. The number of aromatic nitrogens is 1. The number of rotatable bonds is 9. The van der Waals surface area contributed by atoms with Crippen molar-refractivity contribution >= 4 is 16.0 Å². The molecule has 146 valence electrons. The predicted molar refractivity (Wildman–Crippen MR) is 97.4 cm³/mol. The van der Waals surface area contributed by atoms with E-state index >= 15 is 0 Å². The van der Waals surface area contributed by atoms with E-state index in [-0.39, 0.29) is 17.3 Å². The second-order valence-corrected chi connectivity index (χ2v) is 8.83. The van der Waals surface area contributed by atoms with Crippen molar-refractivity contribution in [1.82, 2.24) is 9.71 Å². The lowest BCUT2D eigenvalue weighted by Gasteiger charge is -2.29. The van der Waals surface area contributed by atoms with Gasteiger partial charge in [0.2, 0.25) is 15.9 Å². The maximum atomic E-state index is 12.6. The number of nitrogens with one attached hydrogen (secondary N) is 1. The van der Waals surface area contributed by atoms with Crippen molar-refractivity contribution < 1.29 is 27.5 Å². The minimum Gasteiger partial charge on any atom is -0.550 e. The number of para-hydroxylation sites is 1. The SMILES string of the molecule is C[N+](C)(C)C[C@@H](CC(=O)[O-])NS(=O)(=O)c1ccc(Oc2ccccc2)nc1. The Labute approximate surface area is 159 Å². The summed E-state index contributed by atoms with van der Waals surface area (Å²) in [6.45, 7) is 0.288. The van der Waals surface area contributed by atoms with Crippen molar-refractivity contribution in [2.75, 3.05) is 27.7 Å². The van der Waals surface area contributed by atoms with E-state index in [1.807, 2.05) is 39.3 Å². The van der Waals surface area contributed by atoms with Gasteiger partial charge in [-0.1, -0.05) is 18.2 Å². The second kappa shape index (κ2) is 8.47. The van der Waals surface area contributed by atoms with E-state index in [1.54, 1.807) is 12.1 Å². The molecular formula is C18H23N3O5S. The first-order valence-electron chi connectivity index (χ1n) is 8.27. The molecule has 1 heterocycles. The van der Waals surface area contributed by atoms with E-state index in [0.29, 0.717) is 10.2 Å². The van der Waals surface area contributed by atoms with Gasteiger partial charge in [-0.15, -0.1) is 0 Å². The topological polar surface area (TPSA) is 108 Å². The number of quaternary nitrogens is 1. The van der Waals surface area contributed by atoms with E-state index in [0.717, 1.165) is 0 Å². The van der Waals surface area contributed by atoms with Gasteiger partial charge in [0.1, 0.15) is 10.6 Å². The quantitative estimate of drug-likeness (QED) is 0.617. The van der Waals surface area contributed by atoms with Crippen molar-refractivity contribution in [2.24, 2.45) is 0 Å². The first kappa shape index (κ1) is 20.8. The van der Waals surface area contributed by atoms with Crippen LogP contribution in [0.3, 0.4) is 0 Å². The van der Waals surface area contributed by atoms with Gasteiger partial charge in [-0.2, -0.15) is 0 Å². The molecule has 0 unspecified atom stereocenters. The van der Waals surface area contributed by atoms with Gasteiger partial charge in [-0.25, -0.2) is 18.1 Å². The lowest BCUT2D eigenvalue weighted by atomic mass is 10.2. The van der Waals surface area contributed by atoms with E-state index < -0.39 is 28.5 Å². The Kier molecular flexibility index (Phi) is 6.53. The smallest absolute Gasteiger partial charge is 0.242 e. The Morgan fingerprint density at radius 2 is 1.85 bits per heavy atom. The lowest BCUT2D eigenvalue weighted by Crippen LogP contribution is -2.50. The molecule has 0 saturated carbocycles. The van der Waals surface area contributed by atoms with Gasteiger partial charge >= 0.3 is 0 Å². The number of benzene rings is 1. The van der Waals surface area contributed by atoms with Crippen molar-refractivity contribution in [3.05, 3.63) is 48.7 Å². The molecule has 1 aromatic heterocycles. The fourth-order valence-electron chi connectivity index (χ4n) is 2.49. The van der Waals surface area contributed by atoms with Gasteiger partial charge in [0.25, 0.3) is 0 Å². The number of nitrogens with zero attached hydrogens (tertiary/aromatic N) is 2. The number of carbonyl (C=O) groups excluding carboxylic acids is 1. The number of carbonyl (C=O) groups is 1. The third-order valence-electron chi connectivity index (χ3n) is 3.49. The molecule has 0 aliphatic heterocycles. The molecule has 1 atom stereocenters. The number of carboxylic acids is 1. The molecule has 0 amide bonds. The standard InChI is InChI=1S/C18H23N3O5S/c1-21(2,3)13-14(11-18(22)23)20-27(24,25)16-9-10-17(19-12-16)26-15-7-5-4-6-8-15/h4-10,12,14,20H,11,13H2,1-3H3/t14-/m1/s1. The summed E-state index contributed by atoms with van der Waals surface area (Å²) in [7, 11) is 1.59. The molecule has 27 heavy (non-hydrogen) atoms. The van der Waals surface area contributed by atoms with Crippen LogP contribution >= 0.6 is 0 Å². The molecule has 0 saturated heterocycles.